The lowest BCUT2D eigenvalue weighted by Crippen LogP contribution is -2.45. The Labute approximate surface area is 128 Å². The summed E-state index contributed by atoms with van der Waals surface area (Å²) in [6.07, 6.45) is 2.49. The van der Waals surface area contributed by atoms with E-state index in [4.69, 9.17) is 8.85 Å². The van der Waals surface area contributed by atoms with Gasteiger partial charge in [0.25, 0.3) is 0 Å². The second kappa shape index (κ2) is 7.41. The first kappa shape index (κ1) is 20.1. The molecule has 0 saturated heterocycles. The lowest BCUT2D eigenvalue weighted by molar-refractivity contribution is 0.169. The standard InChI is InChI=1S/C17H38O2Si/c1-14(2)20(18-9,19-10)12-15(3)11-17(7,8)13-16(4,5)6/h14-15H,11-13H2,1-10H3. The SMILES string of the molecule is CO[Si](CC(C)CC(C)(C)CC(C)(C)C)(OC)C(C)C. The quantitative estimate of drug-likeness (QED) is 0.542. The van der Waals surface area contributed by atoms with Gasteiger partial charge >= 0.3 is 8.56 Å². The zero-order valence-corrected chi connectivity index (χ0v) is 16.6. The Kier molecular flexibility index (Phi) is 7.47. The minimum absolute atomic E-state index is 0.371. The fourth-order valence-electron chi connectivity index (χ4n) is 3.97. The number of rotatable bonds is 8. The topological polar surface area (TPSA) is 18.5 Å². The van der Waals surface area contributed by atoms with E-state index in [1.165, 1.54) is 12.8 Å². The molecule has 122 valence electrons. The average molecular weight is 303 g/mol. The van der Waals surface area contributed by atoms with Crippen LogP contribution in [0.5, 0.6) is 0 Å². The predicted molar refractivity (Wildman–Crippen MR) is 91.3 cm³/mol. The van der Waals surface area contributed by atoms with E-state index in [1.807, 2.05) is 14.2 Å². The smallest absolute Gasteiger partial charge is 0.340 e. The minimum atomic E-state index is -2.04. The van der Waals surface area contributed by atoms with Crippen molar-refractivity contribution in [1.29, 1.82) is 0 Å². The van der Waals surface area contributed by atoms with E-state index < -0.39 is 8.56 Å². The molecular weight excluding hydrogens is 264 g/mol. The van der Waals surface area contributed by atoms with Gasteiger partial charge in [-0.25, -0.2) is 0 Å². The van der Waals surface area contributed by atoms with Gasteiger partial charge in [-0.1, -0.05) is 55.4 Å². The van der Waals surface area contributed by atoms with Crippen LogP contribution in [0.4, 0.5) is 0 Å². The number of hydrogen-bond acceptors (Lipinski definition) is 2. The summed E-state index contributed by atoms with van der Waals surface area (Å²) in [6, 6.07) is 1.09. The van der Waals surface area contributed by atoms with Gasteiger partial charge in [-0.2, -0.15) is 0 Å². The Morgan fingerprint density at radius 2 is 1.35 bits per heavy atom. The van der Waals surface area contributed by atoms with E-state index in [1.54, 1.807) is 0 Å². The Bertz CT molecular complexity index is 275. The van der Waals surface area contributed by atoms with Crippen LogP contribution < -0.4 is 0 Å². The summed E-state index contributed by atoms with van der Waals surface area (Å²) in [7, 11) is 1.60. The van der Waals surface area contributed by atoms with Crippen LogP contribution in [-0.4, -0.2) is 22.8 Å². The van der Waals surface area contributed by atoms with E-state index in [-0.39, 0.29) is 0 Å². The zero-order valence-electron chi connectivity index (χ0n) is 15.6. The van der Waals surface area contributed by atoms with E-state index in [0.29, 0.717) is 22.3 Å². The molecule has 0 radical (unpaired) electrons. The van der Waals surface area contributed by atoms with Crippen LogP contribution in [0.2, 0.25) is 11.6 Å². The van der Waals surface area contributed by atoms with Gasteiger partial charge in [-0.05, 0) is 41.2 Å². The average Bonchev–Trinajstić information content (AvgIpc) is 2.21. The van der Waals surface area contributed by atoms with Crippen LogP contribution in [0.15, 0.2) is 0 Å². The predicted octanol–water partition coefficient (Wildman–Crippen LogP) is 5.62. The van der Waals surface area contributed by atoms with Crippen molar-refractivity contribution >= 4 is 8.56 Å². The molecule has 20 heavy (non-hydrogen) atoms. The molecule has 0 aliphatic carbocycles. The number of hydrogen-bond donors (Lipinski definition) is 0. The summed E-state index contributed by atoms with van der Waals surface area (Å²) in [4.78, 5) is 0. The third-order valence-corrected chi connectivity index (χ3v) is 8.52. The highest BCUT2D eigenvalue weighted by Gasteiger charge is 2.41. The fourth-order valence-corrected chi connectivity index (χ4v) is 7.00. The van der Waals surface area contributed by atoms with Crippen LogP contribution in [-0.2, 0) is 8.85 Å². The van der Waals surface area contributed by atoms with Crippen molar-refractivity contribution in [2.24, 2.45) is 16.7 Å². The molecule has 0 aromatic heterocycles. The van der Waals surface area contributed by atoms with Crippen LogP contribution in [0.25, 0.3) is 0 Å². The second-order valence-corrected chi connectivity index (χ2v) is 12.8. The lowest BCUT2D eigenvalue weighted by atomic mass is 9.72. The first-order valence-electron chi connectivity index (χ1n) is 7.98. The van der Waals surface area contributed by atoms with Gasteiger partial charge in [0.2, 0.25) is 0 Å². The second-order valence-electron chi connectivity index (χ2n) is 8.79. The highest BCUT2D eigenvalue weighted by molar-refractivity contribution is 6.68. The first-order valence-corrected chi connectivity index (χ1v) is 10.1. The monoisotopic (exact) mass is 302 g/mol. The van der Waals surface area contributed by atoms with Gasteiger partial charge < -0.3 is 8.85 Å². The first-order chi connectivity index (χ1) is 8.87. The normalized spacial score (nSPS) is 15.8. The molecule has 1 atom stereocenters. The molecule has 0 rings (SSSR count). The zero-order chi connectivity index (χ0) is 16.2. The molecule has 0 aliphatic heterocycles. The molecule has 0 aromatic rings. The van der Waals surface area contributed by atoms with Gasteiger partial charge in [0.15, 0.2) is 0 Å². The molecule has 0 heterocycles. The molecule has 0 saturated carbocycles. The molecule has 0 amide bonds. The summed E-state index contributed by atoms with van der Waals surface area (Å²) in [5.74, 6) is 0.640. The van der Waals surface area contributed by atoms with Crippen molar-refractivity contribution in [2.75, 3.05) is 14.2 Å². The summed E-state index contributed by atoms with van der Waals surface area (Å²) in [5, 5.41) is 0. The molecule has 0 aliphatic rings. The van der Waals surface area contributed by atoms with Crippen molar-refractivity contribution in [3.05, 3.63) is 0 Å². The lowest BCUT2D eigenvalue weighted by Gasteiger charge is -2.38. The molecule has 1 unspecified atom stereocenters. The molecule has 0 bridgehead atoms. The van der Waals surface area contributed by atoms with Crippen LogP contribution >= 0.6 is 0 Å². The molecule has 0 N–H and O–H groups in total. The molecule has 0 aromatic carbocycles. The Hall–Kier alpha value is 0.137. The largest absolute Gasteiger partial charge is 0.397 e. The summed E-state index contributed by atoms with van der Waals surface area (Å²) < 4.78 is 11.7. The van der Waals surface area contributed by atoms with Crippen molar-refractivity contribution in [2.45, 2.75) is 79.8 Å². The van der Waals surface area contributed by atoms with Gasteiger partial charge in [0, 0.05) is 14.2 Å². The highest BCUT2D eigenvalue weighted by atomic mass is 28.4. The van der Waals surface area contributed by atoms with E-state index in [9.17, 15) is 0 Å². The third-order valence-electron chi connectivity index (χ3n) is 4.11. The highest BCUT2D eigenvalue weighted by Crippen LogP contribution is 2.40. The van der Waals surface area contributed by atoms with Gasteiger partial charge in [0.05, 0.1) is 0 Å². The Morgan fingerprint density at radius 3 is 1.65 bits per heavy atom. The van der Waals surface area contributed by atoms with Crippen LogP contribution in [0, 0.1) is 16.7 Å². The maximum absolute atomic E-state index is 5.85. The van der Waals surface area contributed by atoms with E-state index >= 15 is 0 Å². The summed E-state index contributed by atoms with van der Waals surface area (Å²) in [5.41, 5.74) is 1.25. The molecular formula is C17H38O2Si. The Morgan fingerprint density at radius 1 is 0.900 bits per heavy atom. The minimum Gasteiger partial charge on any atom is -0.397 e. The molecule has 0 fully saturated rings. The Balaban J connectivity index is 4.72. The molecule has 0 spiro atoms. The fraction of sp³-hybridized carbons (Fsp3) is 1.00. The van der Waals surface area contributed by atoms with Gasteiger partial charge in [-0.3, -0.25) is 0 Å². The van der Waals surface area contributed by atoms with Crippen molar-refractivity contribution in [3.8, 4) is 0 Å². The maximum Gasteiger partial charge on any atom is 0.340 e. The third kappa shape index (κ3) is 6.73. The van der Waals surface area contributed by atoms with Gasteiger partial charge in [-0.15, -0.1) is 0 Å². The van der Waals surface area contributed by atoms with Crippen molar-refractivity contribution in [1.82, 2.24) is 0 Å². The van der Waals surface area contributed by atoms with Crippen molar-refractivity contribution in [3.63, 3.8) is 0 Å². The van der Waals surface area contributed by atoms with Gasteiger partial charge in [0.1, 0.15) is 0 Å². The van der Waals surface area contributed by atoms with E-state index in [2.05, 4.69) is 55.4 Å². The summed E-state index contributed by atoms with van der Waals surface area (Å²) >= 11 is 0. The molecule has 2 nitrogen and oxygen atoms in total. The van der Waals surface area contributed by atoms with Crippen molar-refractivity contribution < 1.29 is 8.85 Å². The van der Waals surface area contributed by atoms with E-state index in [0.717, 1.165) is 6.04 Å². The molecule has 3 heteroatoms. The van der Waals surface area contributed by atoms with Crippen LogP contribution in [0.1, 0.15) is 68.2 Å². The maximum atomic E-state index is 5.85. The summed E-state index contributed by atoms with van der Waals surface area (Å²) in [6.45, 7) is 18.6. The van der Waals surface area contributed by atoms with Crippen LogP contribution in [0.3, 0.4) is 0 Å².